The van der Waals surface area contributed by atoms with Gasteiger partial charge in [-0.1, -0.05) is 303 Å². The van der Waals surface area contributed by atoms with Crippen LogP contribution in [-0.2, 0) is 0 Å². The largest absolute Gasteiger partial charge is 0.135 e. The summed E-state index contributed by atoms with van der Waals surface area (Å²) >= 11 is 3.77. The first-order valence-corrected chi connectivity index (χ1v) is 36.8. The molecule has 0 N–H and O–H groups in total. The van der Waals surface area contributed by atoms with Crippen molar-refractivity contribution in [1.29, 1.82) is 0 Å². The lowest BCUT2D eigenvalue weighted by Crippen LogP contribution is -1.93. The maximum atomic E-state index is 2.47. The monoisotopic (exact) mass is 1320 g/mol. The van der Waals surface area contributed by atoms with Gasteiger partial charge in [-0.25, -0.2) is 0 Å². The van der Waals surface area contributed by atoms with Crippen molar-refractivity contribution in [3.63, 3.8) is 0 Å². The highest BCUT2D eigenvalue weighted by Gasteiger charge is 2.23. The summed E-state index contributed by atoms with van der Waals surface area (Å²) in [6.45, 7) is 0. The molecule has 0 saturated carbocycles. The minimum Gasteiger partial charge on any atom is -0.135 e. The van der Waals surface area contributed by atoms with Gasteiger partial charge in [0.05, 0.1) is 0 Å². The maximum Gasteiger partial charge on any atom is 0.0433 e. The van der Waals surface area contributed by atoms with Crippen molar-refractivity contribution < 1.29 is 0 Å². The number of hydrogen-bond acceptors (Lipinski definition) is 2. The Morgan fingerprint density at radius 1 is 0.137 bits per heavy atom. The van der Waals surface area contributed by atoms with Crippen LogP contribution in [0.25, 0.3) is 216 Å². The fourth-order valence-electron chi connectivity index (χ4n) is 16.8. The molecule has 102 heavy (non-hydrogen) atoms. The third-order valence-electron chi connectivity index (χ3n) is 21.6. The van der Waals surface area contributed by atoms with E-state index in [-0.39, 0.29) is 0 Å². The highest BCUT2D eigenvalue weighted by atomic mass is 32.1. The summed E-state index contributed by atoms with van der Waals surface area (Å²) in [6, 6.07) is 137. The van der Waals surface area contributed by atoms with Gasteiger partial charge in [0.2, 0.25) is 0 Å². The van der Waals surface area contributed by atoms with Crippen molar-refractivity contribution >= 4 is 138 Å². The molecule has 0 radical (unpaired) electrons. The van der Waals surface area contributed by atoms with E-state index in [0.29, 0.717) is 0 Å². The van der Waals surface area contributed by atoms with Gasteiger partial charge in [0, 0.05) is 40.3 Å². The Bertz CT molecular complexity index is 7040. The molecule has 19 aromatic carbocycles. The molecule has 0 atom stereocenters. The van der Waals surface area contributed by atoms with Crippen molar-refractivity contribution in [3.8, 4) is 100 Å². The number of thiophene rings is 2. The predicted octanol–water partition coefficient (Wildman–Crippen LogP) is 29.5. The van der Waals surface area contributed by atoms with Gasteiger partial charge in [-0.2, -0.15) is 0 Å². The van der Waals surface area contributed by atoms with Crippen molar-refractivity contribution in [3.05, 3.63) is 364 Å². The second-order valence-electron chi connectivity index (χ2n) is 27.3. The SMILES string of the molecule is c1ccc(-c2ccc(-c3c4ccccc4c(-c4cccc5ccccc45)c4ccc(-c5ccc6sc7c(-c8ccc9ccc(-c%10cccc(-c%11c%12ccccc%12c(-c%12cccc%13ccccc%12%13)c%12ccc(-c%13ccc%14sc%15ccccc%15c%14c%13)cc%11%12)c%10)cc9c8)cccc7c6c5)cc34)cc2)cc1. The first kappa shape index (κ1) is 58.4. The molecule has 0 fully saturated rings. The van der Waals surface area contributed by atoms with Crippen LogP contribution in [0.2, 0.25) is 0 Å². The Morgan fingerprint density at radius 3 is 1.14 bits per heavy atom. The normalized spacial score (nSPS) is 11.9. The van der Waals surface area contributed by atoms with Crippen molar-refractivity contribution in [2.75, 3.05) is 0 Å². The first-order chi connectivity index (χ1) is 50.5. The standard InChI is InChI=1S/C100H60S2/c1-2-18-61(19-3-1)62-38-42-66(43-39-62)96-82-29-8-10-31-84(82)98(80-34-15-22-64-20-4-6-26-76(64)80)86-50-46-69(59-91(86)96)72-49-53-95-90(58-72)88-36-17-33-78(100(88)102-95)73-45-41-63-40-44-68(55-75(63)56-73)67-24-14-25-74(54-67)97-83-30-9-11-32-85(83)99(81-35-16-23-65-21-5-7-27-77(65)81)87-51-47-70(60-92(87)97)71-48-52-94-89(57-71)79-28-12-13-37-93(79)101-94/h1-60H. The molecule has 0 unspecified atom stereocenters. The average Bonchev–Trinajstić information content (AvgIpc) is 1.07. The molecule has 0 aliphatic rings. The van der Waals surface area contributed by atoms with Crippen LogP contribution in [0.3, 0.4) is 0 Å². The van der Waals surface area contributed by atoms with Crippen molar-refractivity contribution in [1.82, 2.24) is 0 Å². The Kier molecular flexibility index (Phi) is 13.5. The predicted molar refractivity (Wildman–Crippen MR) is 444 cm³/mol. The molecule has 2 aromatic heterocycles. The van der Waals surface area contributed by atoms with E-state index in [9.17, 15) is 0 Å². The topological polar surface area (TPSA) is 0 Å². The van der Waals surface area contributed by atoms with Crippen LogP contribution in [0.1, 0.15) is 0 Å². The summed E-state index contributed by atoms with van der Waals surface area (Å²) in [4.78, 5) is 0. The lowest BCUT2D eigenvalue weighted by molar-refractivity contribution is 1.61. The van der Waals surface area contributed by atoms with E-state index < -0.39 is 0 Å². The van der Waals surface area contributed by atoms with E-state index in [1.807, 2.05) is 22.7 Å². The summed E-state index contributed by atoms with van der Waals surface area (Å²) in [5.74, 6) is 0. The summed E-state index contributed by atoms with van der Waals surface area (Å²) in [5.41, 5.74) is 22.0. The van der Waals surface area contributed by atoms with Crippen molar-refractivity contribution in [2.45, 2.75) is 0 Å². The van der Waals surface area contributed by atoms with E-state index in [4.69, 9.17) is 0 Å². The van der Waals surface area contributed by atoms with Gasteiger partial charge in [0.1, 0.15) is 0 Å². The van der Waals surface area contributed by atoms with Crippen LogP contribution in [0.4, 0.5) is 0 Å². The summed E-state index contributed by atoms with van der Waals surface area (Å²) in [7, 11) is 0. The zero-order chi connectivity index (χ0) is 66.9. The molecule has 21 rings (SSSR count). The van der Waals surface area contributed by atoms with Crippen LogP contribution >= 0.6 is 22.7 Å². The zero-order valence-electron chi connectivity index (χ0n) is 55.5. The van der Waals surface area contributed by atoms with E-state index in [1.54, 1.807) is 0 Å². The Labute approximate surface area is 598 Å². The smallest absolute Gasteiger partial charge is 0.0433 e. The van der Waals surface area contributed by atoms with E-state index in [2.05, 4.69) is 364 Å². The Morgan fingerprint density at radius 2 is 0.500 bits per heavy atom. The highest BCUT2D eigenvalue weighted by Crippen LogP contribution is 2.51. The summed E-state index contributed by atoms with van der Waals surface area (Å²) in [5, 5.41) is 22.5. The summed E-state index contributed by atoms with van der Waals surface area (Å²) < 4.78 is 5.21. The molecule has 0 bridgehead atoms. The van der Waals surface area contributed by atoms with Gasteiger partial charge >= 0.3 is 0 Å². The Balaban J connectivity index is 0.673. The van der Waals surface area contributed by atoms with E-state index >= 15 is 0 Å². The molecule has 0 aliphatic heterocycles. The maximum absolute atomic E-state index is 2.47. The van der Waals surface area contributed by atoms with Crippen LogP contribution < -0.4 is 0 Å². The van der Waals surface area contributed by atoms with E-state index in [0.717, 1.165) is 0 Å². The fourth-order valence-corrected chi connectivity index (χ4v) is 19.1. The van der Waals surface area contributed by atoms with Gasteiger partial charge in [0.25, 0.3) is 0 Å². The molecule has 0 nitrogen and oxygen atoms in total. The van der Waals surface area contributed by atoms with Gasteiger partial charge in [0.15, 0.2) is 0 Å². The third kappa shape index (κ3) is 9.49. The highest BCUT2D eigenvalue weighted by molar-refractivity contribution is 7.26. The molecule has 2 heteroatoms. The number of rotatable bonds is 9. The molecule has 0 saturated heterocycles. The second-order valence-corrected chi connectivity index (χ2v) is 29.4. The number of benzene rings is 19. The lowest BCUT2D eigenvalue weighted by atomic mass is 9.83. The number of hydrogen-bond donors (Lipinski definition) is 0. The van der Waals surface area contributed by atoms with E-state index in [1.165, 1.54) is 216 Å². The molecule has 21 aromatic rings. The molecular formula is C100H60S2. The molecule has 472 valence electrons. The number of fused-ring (bicyclic) bond motifs is 13. The molecular weight excluding hydrogens is 1270 g/mol. The van der Waals surface area contributed by atoms with Crippen LogP contribution in [0.5, 0.6) is 0 Å². The van der Waals surface area contributed by atoms with Gasteiger partial charge in [-0.05, 0) is 236 Å². The van der Waals surface area contributed by atoms with Gasteiger partial charge in [-0.15, -0.1) is 22.7 Å². The first-order valence-electron chi connectivity index (χ1n) is 35.2. The average molecular weight is 1330 g/mol. The lowest BCUT2D eigenvalue weighted by Gasteiger charge is -2.20. The van der Waals surface area contributed by atoms with Gasteiger partial charge in [-0.3, -0.25) is 0 Å². The molecule has 0 aliphatic carbocycles. The summed E-state index contributed by atoms with van der Waals surface area (Å²) in [6.07, 6.45) is 0. The Hall–Kier alpha value is -12.6. The molecule has 2 heterocycles. The third-order valence-corrected chi connectivity index (χ3v) is 24.0. The van der Waals surface area contributed by atoms with Gasteiger partial charge < -0.3 is 0 Å². The molecule has 0 amide bonds. The van der Waals surface area contributed by atoms with Crippen LogP contribution in [0, 0.1) is 0 Å². The van der Waals surface area contributed by atoms with Crippen molar-refractivity contribution in [2.24, 2.45) is 0 Å². The van der Waals surface area contributed by atoms with Crippen LogP contribution in [-0.4, -0.2) is 0 Å². The minimum atomic E-state index is 1.18. The van der Waals surface area contributed by atoms with Crippen LogP contribution in [0.15, 0.2) is 364 Å². The second kappa shape index (κ2) is 23.6. The minimum absolute atomic E-state index is 1.18. The quantitative estimate of drug-likeness (QED) is 0.126. The molecule has 0 spiro atoms. The zero-order valence-corrected chi connectivity index (χ0v) is 57.1. The fraction of sp³-hybridized carbons (Fsp3) is 0.